The molecule has 378 valence electrons. The Morgan fingerprint density at radius 3 is 0.349 bits per heavy atom. The van der Waals surface area contributed by atoms with Gasteiger partial charge in [0.05, 0.1) is 0 Å². The zero-order valence-corrected chi connectivity index (χ0v) is 44.7. The Labute approximate surface area is 403 Å². The zero-order valence-electron chi connectivity index (χ0n) is 44.7. The third-order valence-electron chi connectivity index (χ3n) is 15.0. The molecule has 0 aromatic heterocycles. The first kappa shape index (κ1) is 62.7. The van der Waals surface area contributed by atoms with Gasteiger partial charge in [0.25, 0.3) is 0 Å². The molecular formula is C63H126. The first-order valence-electron chi connectivity index (χ1n) is 31.0. The van der Waals surface area contributed by atoms with Gasteiger partial charge in [-0.1, -0.05) is 385 Å². The smallest absolute Gasteiger partial charge is 0.0353 e. The topological polar surface area (TPSA) is 0 Å². The Morgan fingerprint density at radius 2 is 0.254 bits per heavy atom. The number of unbranched alkanes of at least 4 members (excludes halogenated alkanes) is 59. The van der Waals surface area contributed by atoms with Crippen LogP contribution in [0.5, 0.6) is 0 Å². The van der Waals surface area contributed by atoms with Crippen molar-refractivity contribution in [3.63, 3.8) is 0 Å². The summed E-state index contributed by atoms with van der Waals surface area (Å²) in [6, 6.07) is 0. The van der Waals surface area contributed by atoms with Crippen molar-refractivity contribution in [2.45, 2.75) is 392 Å². The predicted octanol–water partition coefficient (Wildman–Crippen LogP) is 24.6. The lowest BCUT2D eigenvalue weighted by atomic mass is 10.0. The monoisotopic (exact) mass is 883 g/mol. The van der Waals surface area contributed by atoms with E-state index in [0.717, 1.165) is 0 Å². The molecule has 0 amide bonds. The normalized spacial score (nSPS) is 11.6. The molecule has 0 heteroatoms. The van der Waals surface area contributed by atoms with Crippen molar-refractivity contribution in [2.24, 2.45) is 0 Å². The molecule has 63 heavy (non-hydrogen) atoms. The fraction of sp³-hybridized carbons (Fsp3) is 0.968. The second kappa shape index (κ2) is 61.7. The molecule has 0 aromatic carbocycles. The van der Waals surface area contributed by atoms with Gasteiger partial charge in [0.15, 0.2) is 0 Å². The molecule has 0 saturated carbocycles. The minimum absolute atomic E-state index is 1.21. The first-order valence-corrected chi connectivity index (χ1v) is 31.0. The van der Waals surface area contributed by atoms with E-state index in [9.17, 15) is 0 Å². The van der Waals surface area contributed by atoms with Gasteiger partial charge < -0.3 is 0 Å². The molecule has 0 unspecified atom stereocenters. The van der Waals surface area contributed by atoms with E-state index in [1.165, 1.54) is 385 Å². The minimum atomic E-state index is 1.21. The van der Waals surface area contributed by atoms with Gasteiger partial charge >= 0.3 is 0 Å². The van der Waals surface area contributed by atoms with Crippen molar-refractivity contribution in [1.82, 2.24) is 0 Å². The SMILES string of the molecule is C=CCCCCCCCCCCCCCCCCCCCCCCCCCCCCCCCCCCCCCCCCCCCCCCCCCCCCCCCCCCCCC. The standard InChI is InChI=1S/C63H126/c1-3-5-7-9-11-13-15-17-19-21-23-25-27-29-31-33-35-37-39-41-43-45-47-49-51-53-55-57-59-61-63-62-60-58-56-54-52-50-48-46-44-42-40-38-36-34-32-30-28-26-24-22-20-18-16-14-12-10-8-6-4-2/h3H,1,4-63H2,2H3. The molecule has 0 rings (SSSR count). The average Bonchev–Trinajstić information content (AvgIpc) is 3.29. The quantitative estimate of drug-likeness (QED) is 0.0422. The van der Waals surface area contributed by atoms with Crippen LogP contribution in [0.4, 0.5) is 0 Å². The Kier molecular flexibility index (Phi) is 61.5. The summed E-state index contributed by atoms with van der Waals surface area (Å²) in [6.07, 6.45) is 90.9. The third-order valence-corrected chi connectivity index (χ3v) is 15.0. The van der Waals surface area contributed by atoms with Gasteiger partial charge in [-0.05, 0) is 12.8 Å². The second-order valence-corrected chi connectivity index (χ2v) is 21.6. The van der Waals surface area contributed by atoms with Gasteiger partial charge in [-0.3, -0.25) is 0 Å². The van der Waals surface area contributed by atoms with Gasteiger partial charge in [-0.25, -0.2) is 0 Å². The van der Waals surface area contributed by atoms with Crippen LogP contribution < -0.4 is 0 Å². The molecule has 0 aliphatic carbocycles. The summed E-state index contributed by atoms with van der Waals surface area (Å²) in [7, 11) is 0. The van der Waals surface area contributed by atoms with Crippen molar-refractivity contribution >= 4 is 0 Å². The van der Waals surface area contributed by atoms with Crippen LogP contribution in [0.15, 0.2) is 12.7 Å². The van der Waals surface area contributed by atoms with Crippen LogP contribution in [-0.4, -0.2) is 0 Å². The van der Waals surface area contributed by atoms with E-state index in [-0.39, 0.29) is 0 Å². The molecule has 0 nitrogen and oxygen atoms in total. The van der Waals surface area contributed by atoms with Crippen LogP contribution in [-0.2, 0) is 0 Å². The summed E-state index contributed by atoms with van der Waals surface area (Å²) in [5.74, 6) is 0. The van der Waals surface area contributed by atoms with Gasteiger partial charge in [0.2, 0.25) is 0 Å². The third kappa shape index (κ3) is 61.7. The number of hydrogen-bond acceptors (Lipinski definition) is 0. The fourth-order valence-corrected chi connectivity index (χ4v) is 10.4. The average molecular weight is 884 g/mol. The van der Waals surface area contributed by atoms with Crippen LogP contribution in [0.2, 0.25) is 0 Å². The van der Waals surface area contributed by atoms with Crippen molar-refractivity contribution in [3.05, 3.63) is 12.7 Å². The maximum absolute atomic E-state index is 3.82. The molecule has 0 heterocycles. The highest BCUT2D eigenvalue weighted by Crippen LogP contribution is 2.20. The fourth-order valence-electron chi connectivity index (χ4n) is 10.4. The Bertz CT molecular complexity index is 751. The lowest BCUT2D eigenvalue weighted by Crippen LogP contribution is -1.85. The summed E-state index contributed by atoms with van der Waals surface area (Å²) in [5, 5.41) is 0. The van der Waals surface area contributed by atoms with Gasteiger partial charge in [-0.2, -0.15) is 0 Å². The van der Waals surface area contributed by atoms with Crippen LogP contribution in [0.25, 0.3) is 0 Å². The summed E-state index contributed by atoms with van der Waals surface area (Å²) >= 11 is 0. The first-order chi connectivity index (χ1) is 31.4. The Morgan fingerprint density at radius 1 is 0.159 bits per heavy atom. The summed E-state index contributed by atoms with van der Waals surface area (Å²) in [6.45, 7) is 6.13. The summed E-state index contributed by atoms with van der Waals surface area (Å²) in [5.41, 5.74) is 0. The molecule has 0 N–H and O–H groups in total. The van der Waals surface area contributed by atoms with E-state index in [0.29, 0.717) is 0 Å². The molecule has 0 atom stereocenters. The highest BCUT2D eigenvalue weighted by Gasteiger charge is 2.00. The van der Waals surface area contributed by atoms with E-state index in [1.54, 1.807) is 0 Å². The second-order valence-electron chi connectivity index (χ2n) is 21.6. The van der Waals surface area contributed by atoms with Crippen molar-refractivity contribution in [1.29, 1.82) is 0 Å². The maximum atomic E-state index is 3.82. The minimum Gasteiger partial charge on any atom is -0.103 e. The van der Waals surface area contributed by atoms with E-state index in [4.69, 9.17) is 0 Å². The van der Waals surface area contributed by atoms with E-state index in [1.807, 2.05) is 0 Å². The van der Waals surface area contributed by atoms with E-state index in [2.05, 4.69) is 19.6 Å². The molecule has 0 radical (unpaired) electrons. The highest BCUT2D eigenvalue weighted by molar-refractivity contribution is 4.65. The molecule has 0 spiro atoms. The molecular weight excluding hydrogens is 757 g/mol. The molecule has 0 fully saturated rings. The largest absolute Gasteiger partial charge is 0.103 e. The molecule has 0 aliphatic rings. The summed E-state index contributed by atoms with van der Waals surface area (Å²) in [4.78, 5) is 0. The summed E-state index contributed by atoms with van der Waals surface area (Å²) < 4.78 is 0. The highest BCUT2D eigenvalue weighted by atomic mass is 14.1. The Balaban J connectivity index is 3.06. The lowest BCUT2D eigenvalue weighted by molar-refractivity contribution is 0.507. The van der Waals surface area contributed by atoms with Crippen LogP contribution in [0.1, 0.15) is 392 Å². The van der Waals surface area contributed by atoms with Gasteiger partial charge in [-0.15, -0.1) is 6.58 Å². The van der Waals surface area contributed by atoms with Crippen LogP contribution >= 0.6 is 0 Å². The number of allylic oxidation sites excluding steroid dienone is 1. The van der Waals surface area contributed by atoms with E-state index >= 15 is 0 Å². The Hall–Kier alpha value is -0.260. The molecule has 0 bridgehead atoms. The molecule has 0 saturated heterocycles. The number of rotatable bonds is 60. The predicted molar refractivity (Wildman–Crippen MR) is 293 cm³/mol. The molecule has 0 aromatic rings. The van der Waals surface area contributed by atoms with Gasteiger partial charge in [0.1, 0.15) is 0 Å². The molecule has 0 aliphatic heterocycles. The number of hydrogen-bond donors (Lipinski definition) is 0. The van der Waals surface area contributed by atoms with Crippen molar-refractivity contribution < 1.29 is 0 Å². The van der Waals surface area contributed by atoms with Crippen LogP contribution in [0, 0.1) is 0 Å². The zero-order chi connectivity index (χ0) is 45.1. The van der Waals surface area contributed by atoms with Gasteiger partial charge in [0, 0.05) is 0 Å². The van der Waals surface area contributed by atoms with Crippen molar-refractivity contribution in [3.8, 4) is 0 Å². The van der Waals surface area contributed by atoms with Crippen molar-refractivity contribution in [2.75, 3.05) is 0 Å². The maximum Gasteiger partial charge on any atom is -0.0353 e. The lowest BCUT2D eigenvalue weighted by Gasteiger charge is -2.05. The van der Waals surface area contributed by atoms with Crippen LogP contribution in [0.3, 0.4) is 0 Å². The van der Waals surface area contributed by atoms with E-state index < -0.39 is 0 Å².